The molecule has 0 amide bonds. The van der Waals surface area contributed by atoms with Gasteiger partial charge in [0.2, 0.25) is 0 Å². The third kappa shape index (κ3) is 1.56. The average molecular weight is 318 g/mol. The number of nitrogens with zero attached hydrogens (tertiary/aromatic N) is 2. The minimum absolute atomic E-state index is 1.04. The Balaban J connectivity index is 1.96. The van der Waals surface area contributed by atoms with E-state index in [2.05, 4.69) is 77.2 Å². The number of pyridine rings is 1. The smallest absolute Gasteiger partial charge is 0.0948 e. The van der Waals surface area contributed by atoms with Gasteiger partial charge in [0.15, 0.2) is 0 Å². The standard InChI is InChI=1S/C23H14N2/c1-2-7-15(8-3-1)21-23-19(13-14-24-21)18-11-6-10-17-16-9-4-5-12-20(16)25(23)22(17)18/h1-14H. The molecule has 6 rings (SSSR count). The number of benzene rings is 3. The van der Waals surface area contributed by atoms with Gasteiger partial charge < -0.3 is 4.40 Å². The van der Waals surface area contributed by atoms with Crippen LogP contribution in [0.25, 0.3) is 49.4 Å². The Labute approximate surface area is 144 Å². The second-order valence-corrected chi connectivity index (χ2v) is 6.48. The van der Waals surface area contributed by atoms with Crippen molar-refractivity contribution in [3.8, 4) is 11.3 Å². The van der Waals surface area contributed by atoms with E-state index in [4.69, 9.17) is 4.98 Å². The monoisotopic (exact) mass is 318 g/mol. The number of hydrogen-bond donors (Lipinski definition) is 0. The van der Waals surface area contributed by atoms with E-state index in [9.17, 15) is 0 Å². The van der Waals surface area contributed by atoms with Crippen molar-refractivity contribution in [1.29, 1.82) is 0 Å². The molecule has 6 aromatic rings. The van der Waals surface area contributed by atoms with Crippen LogP contribution >= 0.6 is 0 Å². The second kappa shape index (κ2) is 4.58. The summed E-state index contributed by atoms with van der Waals surface area (Å²) in [4.78, 5) is 4.76. The number of para-hydroxylation sites is 2. The molecule has 2 nitrogen and oxygen atoms in total. The highest BCUT2D eigenvalue weighted by molar-refractivity contribution is 6.24. The van der Waals surface area contributed by atoms with Gasteiger partial charge in [-0.15, -0.1) is 0 Å². The van der Waals surface area contributed by atoms with Crippen molar-refractivity contribution in [2.75, 3.05) is 0 Å². The highest BCUT2D eigenvalue weighted by atomic mass is 14.9. The molecule has 0 saturated carbocycles. The fourth-order valence-electron chi connectivity index (χ4n) is 4.17. The van der Waals surface area contributed by atoms with Crippen molar-refractivity contribution in [1.82, 2.24) is 9.38 Å². The zero-order chi connectivity index (χ0) is 16.4. The summed E-state index contributed by atoms with van der Waals surface area (Å²) in [5, 5.41) is 5.17. The van der Waals surface area contributed by atoms with Gasteiger partial charge in [0.25, 0.3) is 0 Å². The molecule has 0 aliphatic rings. The van der Waals surface area contributed by atoms with E-state index in [0.717, 1.165) is 11.3 Å². The summed E-state index contributed by atoms with van der Waals surface area (Å²) in [5.41, 5.74) is 5.92. The molecule has 0 bridgehead atoms. The van der Waals surface area contributed by atoms with Gasteiger partial charge >= 0.3 is 0 Å². The Bertz CT molecular complexity index is 1380. The van der Waals surface area contributed by atoms with Gasteiger partial charge in [0.1, 0.15) is 0 Å². The summed E-state index contributed by atoms with van der Waals surface area (Å²) in [6.45, 7) is 0. The fraction of sp³-hybridized carbons (Fsp3) is 0. The SMILES string of the molecule is c1ccc(-c2nccc3c4cccc5c6ccccc6n(c23)c54)cc1. The van der Waals surface area contributed by atoms with Crippen LogP contribution < -0.4 is 0 Å². The third-order valence-electron chi connectivity index (χ3n) is 5.18. The molecule has 3 aromatic heterocycles. The maximum atomic E-state index is 4.76. The van der Waals surface area contributed by atoms with Crippen LogP contribution in [-0.2, 0) is 0 Å². The summed E-state index contributed by atoms with van der Waals surface area (Å²) < 4.78 is 2.39. The van der Waals surface area contributed by atoms with Gasteiger partial charge in [-0.05, 0) is 12.1 Å². The molecule has 0 aliphatic heterocycles. The molecule has 0 fully saturated rings. The van der Waals surface area contributed by atoms with Crippen molar-refractivity contribution in [2.24, 2.45) is 0 Å². The van der Waals surface area contributed by atoms with E-state index in [1.54, 1.807) is 0 Å². The van der Waals surface area contributed by atoms with E-state index in [1.165, 1.54) is 38.1 Å². The van der Waals surface area contributed by atoms with E-state index < -0.39 is 0 Å². The average Bonchev–Trinajstić information content (AvgIpc) is 3.20. The summed E-state index contributed by atoms with van der Waals surface area (Å²) in [7, 11) is 0. The van der Waals surface area contributed by atoms with E-state index in [1.807, 2.05) is 12.3 Å². The van der Waals surface area contributed by atoms with Gasteiger partial charge in [-0.3, -0.25) is 4.98 Å². The first-order chi connectivity index (χ1) is 12.4. The van der Waals surface area contributed by atoms with Gasteiger partial charge in [0, 0.05) is 33.3 Å². The molecule has 0 unspecified atom stereocenters. The molecular weight excluding hydrogens is 304 g/mol. The minimum Gasteiger partial charge on any atom is -0.306 e. The third-order valence-corrected chi connectivity index (χ3v) is 5.18. The molecule has 0 aliphatic carbocycles. The van der Waals surface area contributed by atoms with Crippen molar-refractivity contribution >= 4 is 38.1 Å². The predicted octanol–water partition coefficient (Wildman–Crippen LogP) is 5.90. The zero-order valence-corrected chi connectivity index (χ0v) is 13.5. The van der Waals surface area contributed by atoms with Gasteiger partial charge in [-0.2, -0.15) is 0 Å². The van der Waals surface area contributed by atoms with E-state index in [0.29, 0.717) is 0 Å². The van der Waals surface area contributed by atoms with Crippen LogP contribution in [0, 0.1) is 0 Å². The van der Waals surface area contributed by atoms with Gasteiger partial charge in [-0.1, -0.05) is 66.7 Å². The first-order valence-electron chi connectivity index (χ1n) is 8.51. The molecule has 0 atom stereocenters. The van der Waals surface area contributed by atoms with Crippen LogP contribution in [-0.4, -0.2) is 9.38 Å². The highest BCUT2D eigenvalue weighted by Crippen LogP contribution is 2.41. The Morgan fingerprint density at radius 2 is 1.24 bits per heavy atom. The summed E-state index contributed by atoms with van der Waals surface area (Å²) >= 11 is 0. The molecule has 116 valence electrons. The molecule has 0 radical (unpaired) electrons. The van der Waals surface area contributed by atoms with Gasteiger partial charge in [-0.25, -0.2) is 0 Å². The molecule has 0 spiro atoms. The van der Waals surface area contributed by atoms with Crippen molar-refractivity contribution in [2.45, 2.75) is 0 Å². The maximum absolute atomic E-state index is 4.76. The Morgan fingerprint density at radius 3 is 2.12 bits per heavy atom. The summed E-state index contributed by atoms with van der Waals surface area (Å²) in [5.74, 6) is 0. The first-order valence-corrected chi connectivity index (χ1v) is 8.51. The fourth-order valence-corrected chi connectivity index (χ4v) is 4.17. The lowest BCUT2D eigenvalue weighted by atomic mass is 10.1. The summed E-state index contributed by atoms with van der Waals surface area (Å²) in [6, 6.07) is 27.8. The second-order valence-electron chi connectivity index (χ2n) is 6.48. The van der Waals surface area contributed by atoms with Crippen LogP contribution in [0.2, 0.25) is 0 Å². The molecule has 0 N–H and O–H groups in total. The minimum atomic E-state index is 1.04. The lowest BCUT2D eigenvalue weighted by molar-refractivity contribution is 1.30. The van der Waals surface area contributed by atoms with E-state index >= 15 is 0 Å². The Hall–Kier alpha value is -3.39. The van der Waals surface area contributed by atoms with Crippen molar-refractivity contribution in [3.05, 3.63) is 85.1 Å². The van der Waals surface area contributed by atoms with Crippen LogP contribution in [0.3, 0.4) is 0 Å². The number of aromatic nitrogens is 2. The lowest BCUT2D eigenvalue weighted by Crippen LogP contribution is -1.88. The van der Waals surface area contributed by atoms with Crippen molar-refractivity contribution in [3.63, 3.8) is 0 Å². The van der Waals surface area contributed by atoms with Gasteiger partial charge in [0.05, 0.1) is 22.2 Å². The first kappa shape index (κ1) is 13.0. The van der Waals surface area contributed by atoms with Crippen LogP contribution in [0.4, 0.5) is 0 Å². The number of fused-ring (bicyclic) bond motifs is 6. The predicted molar refractivity (Wildman–Crippen MR) is 104 cm³/mol. The van der Waals surface area contributed by atoms with Crippen LogP contribution in [0.1, 0.15) is 0 Å². The molecule has 3 heterocycles. The quantitative estimate of drug-likeness (QED) is 0.369. The number of hydrogen-bond acceptors (Lipinski definition) is 1. The maximum Gasteiger partial charge on any atom is 0.0948 e. The normalized spacial score (nSPS) is 12.0. The molecule has 0 saturated heterocycles. The topological polar surface area (TPSA) is 17.3 Å². The number of rotatable bonds is 1. The lowest BCUT2D eigenvalue weighted by Gasteiger charge is -2.05. The summed E-state index contributed by atoms with van der Waals surface area (Å²) in [6.07, 6.45) is 1.93. The largest absolute Gasteiger partial charge is 0.306 e. The van der Waals surface area contributed by atoms with Crippen molar-refractivity contribution < 1.29 is 0 Å². The van der Waals surface area contributed by atoms with Crippen LogP contribution in [0.5, 0.6) is 0 Å². The molecule has 3 aromatic carbocycles. The van der Waals surface area contributed by atoms with Crippen LogP contribution in [0.15, 0.2) is 85.1 Å². The Kier molecular flexibility index (Phi) is 2.37. The Morgan fingerprint density at radius 1 is 0.560 bits per heavy atom. The zero-order valence-electron chi connectivity index (χ0n) is 13.5. The molecule has 2 heteroatoms. The van der Waals surface area contributed by atoms with E-state index in [-0.39, 0.29) is 0 Å². The molecular formula is C23H14N2. The highest BCUT2D eigenvalue weighted by Gasteiger charge is 2.19. The molecule has 25 heavy (non-hydrogen) atoms.